The summed E-state index contributed by atoms with van der Waals surface area (Å²) in [6, 6.07) is 7.03. The number of anilines is 2. The Hall–Kier alpha value is -2.52. The fourth-order valence-corrected chi connectivity index (χ4v) is 2.26. The molecular formula is C17H17F6N3O. The normalized spacial score (nSPS) is 12.3. The zero-order valence-corrected chi connectivity index (χ0v) is 14.4. The lowest BCUT2D eigenvalue weighted by Gasteiger charge is -2.15. The summed E-state index contributed by atoms with van der Waals surface area (Å²) in [4.78, 5) is 7.00. The van der Waals surface area contributed by atoms with Gasteiger partial charge in [-0.25, -0.2) is 4.98 Å². The van der Waals surface area contributed by atoms with Gasteiger partial charge in [-0.15, -0.1) is 0 Å². The minimum absolute atomic E-state index is 0.304. The SMILES string of the molecule is CC(C)Cc1cccc(Nc2ncc(C(F)(F)F)c(OCC(F)(F)F)n2)c1. The molecule has 0 amide bonds. The molecule has 0 fully saturated rings. The molecule has 148 valence electrons. The Kier molecular flexibility index (Phi) is 6.17. The molecule has 1 N–H and O–H groups in total. The van der Waals surface area contributed by atoms with Crippen molar-refractivity contribution in [2.24, 2.45) is 5.92 Å². The van der Waals surface area contributed by atoms with E-state index >= 15 is 0 Å². The van der Waals surface area contributed by atoms with Crippen LogP contribution < -0.4 is 10.1 Å². The number of nitrogens with zero attached hydrogens (tertiary/aromatic N) is 2. The summed E-state index contributed by atoms with van der Waals surface area (Å²) in [5.41, 5.74) is -0.00371. The Morgan fingerprint density at radius 2 is 1.81 bits per heavy atom. The zero-order chi connectivity index (χ0) is 20.2. The fraction of sp³-hybridized carbons (Fsp3) is 0.412. The van der Waals surface area contributed by atoms with E-state index in [9.17, 15) is 26.3 Å². The van der Waals surface area contributed by atoms with Crippen LogP contribution in [0.1, 0.15) is 25.0 Å². The molecule has 0 atom stereocenters. The van der Waals surface area contributed by atoms with Crippen LogP contribution in [-0.4, -0.2) is 22.8 Å². The third-order valence-electron chi connectivity index (χ3n) is 3.26. The van der Waals surface area contributed by atoms with Crippen LogP contribution in [0.2, 0.25) is 0 Å². The van der Waals surface area contributed by atoms with E-state index < -0.39 is 30.4 Å². The largest absolute Gasteiger partial charge is 0.467 e. The summed E-state index contributed by atoms with van der Waals surface area (Å²) < 4.78 is 80.0. The standard InChI is InChI=1S/C17H17F6N3O/c1-10(2)6-11-4-3-5-12(7-11)25-15-24-8-13(17(21,22)23)14(26-15)27-9-16(18,19)20/h3-5,7-8,10H,6,9H2,1-2H3,(H,24,25,26). The molecule has 1 heterocycles. The first-order valence-corrected chi connectivity index (χ1v) is 7.94. The van der Waals surface area contributed by atoms with E-state index in [0.717, 1.165) is 12.0 Å². The first-order valence-electron chi connectivity index (χ1n) is 7.94. The Morgan fingerprint density at radius 1 is 1.11 bits per heavy atom. The molecule has 27 heavy (non-hydrogen) atoms. The molecule has 10 heteroatoms. The predicted octanol–water partition coefficient (Wildman–Crippen LogP) is 5.38. The molecule has 1 aromatic heterocycles. The summed E-state index contributed by atoms with van der Waals surface area (Å²) in [6.07, 6.45) is -8.58. The van der Waals surface area contributed by atoms with Gasteiger partial charge in [-0.2, -0.15) is 31.3 Å². The van der Waals surface area contributed by atoms with Gasteiger partial charge in [0.25, 0.3) is 0 Å². The smallest absolute Gasteiger partial charge is 0.423 e. The Balaban J connectivity index is 2.27. The summed E-state index contributed by atoms with van der Waals surface area (Å²) in [5, 5.41) is 2.68. The first-order chi connectivity index (χ1) is 12.4. The molecular weight excluding hydrogens is 376 g/mol. The second-order valence-corrected chi connectivity index (χ2v) is 6.24. The number of aromatic nitrogens is 2. The van der Waals surface area contributed by atoms with E-state index in [4.69, 9.17) is 0 Å². The van der Waals surface area contributed by atoms with Crippen LogP contribution in [0.5, 0.6) is 5.88 Å². The number of rotatable bonds is 6. The topological polar surface area (TPSA) is 47.0 Å². The quantitative estimate of drug-likeness (QED) is 0.670. The monoisotopic (exact) mass is 393 g/mol. The van der Waals surface area contributed by atoms with Crippen LogP contribution in [0.15, 0.2) is 30.5 Å². The Morgan fingerprint density at radius 3 is 2.41 bits per heavy atom. The highest BCUT2D eigenvalue weighted by Gasteiger charge is 2.38. The van der Waals surface area contributed by atoms with Crippen molar-refractivity contribution >= 4 is 11.6 Å². The maximum atomic E-state index is 12.9. The molecule has 0 aliphatic carbocycles. The van der Waals surface area contributed by atoms with Crippen molar-refractivity contribution in [2.45, 2.75) is 32.6 Å². The van der Waals surface area contributed by atoms with Crippen molar-refractivity contribution in [1.82, 2.24) is 9.97 Å². The summed E-state index contributed by atoms with van der Waals surface area (Å²) in [6.45, 7) is 2.17. The van der Waals surface area contributed by atoms with Crippen molar-refractivity contribution < 1.29 is 31.1 Å². The van der Waals surface area contributed by atoms with Gasteiger partial charge in [0.15, 0.2) is 6.61 Å². The van der Waals surface area contributed by atoms with E-state index in [2.05, 4.69) is 20.0 Å². The molecule has 0 radical (unpaired) electrons. The number of alkyl halides is 6. The lowest BCUT2D eigenvalue weighted by Crippen LogP contribution is -2.22. The second-order valence-electron chi connectivity index (χ2n) is 6.24. The average Bonchev–Trinajstić information content (AvgIpc) is 2.51. The highest BCUT2D eigenvalue weighted by atomic mass is 19.4. The van der Waals surface area contributed by atoms with Crippen LogP contribution >= 0.6 is 0 Å². The van der Waals surface area contributed by atoms with Crippen LogP contribution in [-0.2, 0) is 12.6 Å². The van der Waals surface area contributed by atoms with Crippen molar-refractivity contribution in [2.75, 3.05) is 11.9 Å². The van der Waals surface area contributed by atoms with Crippen molar-refractivity contribution in [3.8, 4) is 5.88 Å². The van der Waals surface area contributed by atoms with Gasteiger partial charge in [0.05, 0.1) is 0 Å². The molecule has 0 saturated carbocycles. The summed E-state index contributed by atoms with van der Waals surface area (Å²) >= 11 is 0. The van der Waals surface area contributed by atoms with Gasteiger partial charge in [-0.05, 0) is 30.0 Å². The fourth-order valence-electron chi connectivity index (χ4n) is 2.26. The van der Waals surface area contributed by atoms with Crippen molar-refractivity contribution in [3.63, 3.8) is 0 Å². The molecule has 2 aromatic rings. The lowest BCUT2D eigenvalue weighted by molar-refractivity contribution is -0.159. The average molecular weight is 393 g/mol. The lowest BCUT2D eigenvalue weighted by atomic mass is 10.0. The second kappa shape index (κ2) is 8.01. The van der Waals surface area contributed by atoms with E-state index in [1.54, 1.807) is 18.2 Å². The molecule has 0 unspecified atom stereocenters. The highest BCUT2D eigenvalue weighted by molar-refractivity contribution is 5.55. The van der Waals surface area contributed by atoms with Gasteiger partial charge in [0.2, 0.25) is 11.8 Å². The number of hydrogen-bond donors (Lipinski definition) is 1. The Bertz CT molecular complexity index is 774. The van der Waals surface area contributed by atoms with Crippen molar-refractivity contribution in [1.29, 1.82) is 0 Å². The van der Waals surface area contributed by atoms with E-state index in [1.165, 1.54) is 0 Å². The maximum Gasteiger partial charge on any atom is 0.423 e. The van der Waals surface area contributed by atoms with Gasteiger partial charge in [-0.1, -0.05) is 26.0 Å². The molecule has 0 saturated heterocycles. The highest BCUT2D eigenvalue weighted by Crippen LogP contribution is 2.36. The number of ether oxygens (including phenoxy) is 1. The number of nitrogens with one attached hydrogen (secondary N) is 1. The number of halogens is 6. The molecule has 0 aliphatic rings. The van der Waals surface area contributed by atoms with E-state index in [-0.39, 0.29) is 5.95 Å². The minimum Gasteiger partial charge on any atom is -0.467 e. The summed E-state index contributed by atoms with van der Waals surface area (Å²) in [5.74, 6) is -1.09. The van der Waals surface area contributed by atoms with Gasteiger partial charge >= 0.3 is 12.4 Å². The molecule has 4 nitrogen and oxygen atoms in total. The zero-order valence-electron chi connectivity index (χ0n) is 14.4. The Labute approximate surface area is 151 Å². The molecule has 0 aliphatic heterocycles. The van der Waals surface area contributed by atoms with E-state index in [0.29, 0.717) is 17.8 Å². The third-order valence-corrected chi connectivity index (χ3v) is 3.26. The van der Waals surface area contributed by atoms with Gasteiger partial charge < -0.3 is 10.1 Å². The number of hydrogen-bond acceptors (Lipinski definition) is 4. The van der Waals surface area contributed by atoms with Gasteiger partial charge in [0, 0.05) is 11.9 Å². The van der Waals surface area contributed by atoms with E-state index in [1.807, 2.05) is 19.9 Å². The molecule has 1 aromatic carbocycles. The minimum atomic E-state index is -4.95. The predicted molar refractivity (Wildman–Crippen MR) is 86.9 cm³/mol. The van der Waals surface area contributed by atoms with Crippen molar-refractivity contribution in [3.05, 3.63) is 41.6 Å². The molecule has 0 spiro atoms. The van der Waals surface area contributed by atoms with Crippen LogP contribution in [0.25, 0.3) is 0 Å². The summed E-state index contributed by atoms with van der Waals surface area (Å²) in [7, 11) is 0. The van der Waals surface area contributed by atoms with Gasteiger partial charge in [-0.3, -0.25) is 0 Å². The number of benzene rings is 1. The van der Waals surface area contributed by atoms with Crippen LogP contribution in [0.4, 0.5) is 38.0 Å². The van der Waals surface area contributed by atoms with Crippen LogP contribution in [0.3, 0.4) is 0 Å². The molecule has 0 bridgehead atoms. The van der Waals surface area contributed by atoms with Gasteiger partial charge in [0.1, 0.15) is 5.56 Å². The first kappa shape index (κ1) is 20.8. The molecule has 2 rings (SSSR count). The third kappa shape index (κ3) is 6.61. The van der Waals surface area contributed by atoms with Crippen LogP contribution in [0, 0.1) is 5.92 Å². The maximum absolute atomic E-state index is 12.9.